The molecule has 5 heteroatoms. The molecule has 2 rings (SSSR count). The molecule has 1 aromatic heterocycles. The summed E-state index contributed by atoms with van der Waals surface area (Å²) in [5.74, 6) is 0.355. The maximum absolute atomic E-state index is 11.4. The first-order valence-electron chi connectivity index (χ1n) is 5.97. The Morgan fingerprint density at radius 3 is 2.71 bits per heavy atom. The van der Waals surface area contributed by atoms with Crippen LogP contribution in [0.15, 0.2) is 12.2 Å². The lowest BCUT2D eigenvalue weighted by molar-refractivity contribution is -0.112. The van der Waals surface area contributed by atoms with Crippen molar-refractivity contribution >= 4 is 22.4 Å². The van der Waals surface area contributed by atoms with E-state index in [0.29, 0.717) is 16.6 Å². The average molecular weight is 251 g/mol. The third-order valence-corrected chi connectivity index (χ3v) is 4.00. The molecule has 1 saturated carbocycles. The van der Waals surface area contributed by atoms with Crippen LogP contribution in [0.5, 0.6) is 0 Å². The minimum Gasteiger partial charge on any atom is -0.297 e. The lowest BCUT2D eigenvalue weighted by Gasteiger charge is -2.18. The Bertz CT molecular complexity index is 421. The number of nitrogens with zero attached hydrogens (tertiary/aromatic N) is 2. The van der Waals surface area contributed by atoms with E-state index in [4.69, 9.17) is 0 Å². The van der Waals surface area contributed by atoms with Crippen molar-refractivity contribution in [1.29, 1.82) is 0 Å². The van der Waals surface area contributed by atoms with Crippen LogP contribution in [0.4, 0.5) is 5.13 Å². The molecule has 0 atom stereocenters. The number of aromatic nitrogens is 2. The molecule has 0 aliphatic heterocycles. The molecule has 17 heavy (non-hydrogen) atoms. The molecule has 1 aliphatic carbocycles. The monoisotopic (exact) mass is 251 g/mol. The number of hydrogen-bond donors (Lipinski definition) is 1. The van der Waals surface area contributed by atoms with E-state index < -0.39 is 0 Å². The van der Waals surface area contributed by atoms with Gasteiger partial charge in [-0.1, -0.05) is 37.2 Å². The molecule has 0 aromatic carbocycles. The first-order chi connectivity index (χ1) is 8.16. The van der Waals surface area contributed by atoms with E-state index in [1.807, 2.05) is 0 Å². The molecule has 1 aliphatic rings. The van der Waals surface area contributed by atoms with Gasteiger partial charge in [0.25, 0.3) is 5.91 Å². The second kappa shape index (κ2) is 5.40. The van der Waals surface area contributed by atoms with Gasteiger partial charge in [-0.15, -0.1) is 10.2 Å². The van der Waals surface area contributed by atoms with Gasteiger partial charge in [-0.25, -0.2) is 0 Å². The van der Waals surface area contributed by atoms with Crippen molar-refractivity contribution in [2.75, 3.05) is 5.32 Å². The van der Waals surface area contributed by atoms with Gasteiger partial charge in [0.2, 0.25) is 5.13 Å². The molecular formula is C12H17N3OS. The zero-order valence-electron chi connectivity index (χ0n) is 10.0. The minimum absolute atomic E-state index is 0.184. The number of hydrogen-bond acceptors (Lipinski definition) is 4. The molecule has 0 radical (unpaired) electrons. The summed E-state index contributed by atoms with van der Waals surface area (Å²) in [7, 11) is 0. The van der Waals surface area contributed by atoms with Crippen molar-refractivity contribution < 1.29 is 4.79 Å². The summed E-state index contributed by atoms with van der Waals surface area (Å²) in [5, 5.41) is 12.5. The molecular weight excluding hydrogens is 234 g/mol. The van der Waals surface area contributed by atoms with Crippen LogP contribution >= 0.6 is 11.3 Å². The summed E-state index contributed by atoms with van der Waals surface area (Å²) in [6.45, 7) is 5.27. The Balaban J connectivity index is 2.00. The maximum atomic E-state index is 11.4. The van der Waals surface area contributed by atoms with Gasteiger partial charge in [0.05, 0.1) is 0 Å². The van der Waals surface area contributed by atoms with Crippen LogP contribution in [-0.2, 0) is 4.79 Å². The maximum Gasteiger partial charge on any atom is 0.252 e. The minimum atomic E-state index is -0.184. The molecule has 1 amide bonds. The highest BCUT2D eigenvalue weighted by molar-refractivity contribution is 7.15. The largest absolute Gasteiger partial charge is 0.297 e. The van der Waals surface area contributed by atoms with E-state index in [1.54, 1.807) is 6.92 Å². The van der Waals surface area contributed by atoms with Crippen molar-refractivity contribution in [2.45, 2.75) is 44.9 Å². The van der Waals surface area contributed by atoms with Gasteiger partial charge >= 0.3 is 0 Å². The van der Waals surface area contributed by atoms with Crippen LogP contribution < -0.4 is 5.32 Å². The Morgan fingerprint density at radius 2 is 2.06 bits per heavy atom. The Morgan fingerprint density at radius 1 is 1.35 bits per heavy atom. The Labute approximate surface area is 105 Å². The van der Waals surface area contributed by atoms with Gasteiger partial charge < -0.3 is 0 Å². The molecule has 0 spiro atoms. The number of carbonyl (C=O) groups is 1. The Kier molecular flexibility index (Phi) is 3.89. The fraction of sp³-hybridized carbons (Fsp3) is 0.583. The number of carbonyl (C=O) groups excluding carboxylic acids is 1. The lowest BCUT2D eigenvalue weighted by atomic mass is 9.90. The van der Waals surface area contributed by atoms with Crippen LogP contribution in [0, 0.1) is 0 Å². The zero-order valence-corrected chi connectivity index (χ0v) is 10.8. The van der Waals surface area contributed by atoms with Gasteiger partial charge in [-0.05, 0) is 19.8 Å². The molecule has 1 N–H and O–H groups in total. The van der Waals surface area contributed by atoms with Crippen molar-refractivity contribution in [3.05, 3.63) is 17.2 Å². The molecule has 1 fully saturated rings. The molecule has 1 heterocycles. The average Bonchev–Trinajstić information content (AvgIpc) is 2.78. The molecule has 0 bridgehead atoms. The van der Waals surface area contributed by atoms with E-state index in [2.05, 4.69) is 22.1 Å². The quantitative estimate of drug-likeness (QED) is 0.840. The van der Waals surface area contributed by atoms with Crippen molar-refractivity contribution in [3.8, 4) is 0 Å². The van der Waals surface area contributed by atoms with E-state index >= 15 is 0 Å². The Hall–Kier alpha value is -1.23. The molecule has 4 nitrogen and oxygen atoms in total. The highest BCUT2D eigenvalue weighted by Gasteiger charge is 2.20. The van der Waals surface area contributed by atoms with Crippen LogP contribution in [-0.4, -0.2) is 16.1 Å². The number of rotatable bonds is 3. The first kappa shape index (κ1) is 12.2. The van der Waals surface area contributed by atoms with Gasteiger partial charge in [-0.2, -0.15) is 0 Å². The van der Waals surface area contributed by atoms with Crippen molar-refractivity contribution in [3.63, 3.8) is 0 Å². The normalized spacial score (nSPS) is 16.8. The summed E-state index contributed by atoms with van der Waals surface area (Å²) in [4.78, 5) is 11.4. The third kappa shape index (κ3) is 3.12. The standard InChI is InChI=1S/C12H17N3OS/c1-8(2)10(16)13-12-15-14-11(17-12)9-6-4-3-5-7-9/h9H,1,3-7H2,2H3,(H,13,15,16). The smallest absolute Gasteiger partial charge is 0.252 e. The summed E-state index contributed by atoms with van der Waals surface area (Å²) in [5.41, 5.74) is 0.486. The highest BCUT2D eigenvalue weighted by Crippen LogP contribution is 2.35. The predicted molar refractivity (Wildman–Crippen MR) is 69.2 cm³/mol. The summed E-state index contributed by atoms with van der Waals surface area (Å²) in [6.07, 6.45) is 6.27. The van der Waals surface area contributed by atoms with E-state index in [1.165, 1.54) is 43.4 Å². The topological polar surface area (TPSA) is 54.9 Å². The predicted octanol–water partition coefficient (Wildman–Crippen LogP) is 3.10. The van der Waals surface area contributed by atoms with E-state index in [9.17, 15) is 4.79 Å². The van der Waals surface area contributed by atoms with Gasteiger partial charge in [-0.3, -0.25) is 10.1 Å². The number of amides is 1. The summed E-state index contributed by atoms with van der Waals surface area (Å²) < 4.78 is 0. The second-order valence-electron chi connectivity index (χ2n) is 4.51. The second-order valence-corrected chi connectivity index (χ2v) is 5.52. The highest BCUT2D eigenvalue weighted by atomic mass is 32.1. The van der Waals surface area contributed by atoms with Gasteiger partial charge in [0, 0.05) is 11.5 Å². The number of anilines is 1. The van der Waals surface area contributed by atoms with Crippen LogP contribution in [0.3, 0.4) is 0 Å². The van der Waals surface area contributed by atoms with Crippen LogP contribution in [0.25, 0.3) is 0 Å². The van der Waals surface area contributed by atoms with E-state index in [0.717, 1.165) is 5.01 Å². The van der Waals surface area contributed by atoms with Crippen LogP contribution in [0.1, 0.15) is 50.0 Å². The number of nitrogens with one attached hydrogen (secondary N) is 1. The van der Waals surface area contributed by atoms with Crippen LogP contribution in [0.2, 0.25) is 0 Å². The zero-order chi connectivity index (χ0) is 12.3. The molecule has 0 unspecified atom stereocenters. The van der Waals surface area contributed by atoms with Gasteiger partial charge in [0.1, 0.15) is 5.01 Å². The first-order valence-corrected chi connectivity index (χ1v) is 6.78. The van der Waals surface area contributed by atoms with Gasteiger partial charge in [0.15, 0.2) is 0 Å². The molecule has 0 saturated heterocycles. The fourth-order valence-electron chi connectivity index (χ4n) is 2.00. The van der Waals surface area contributed by atoms with Crippen molar-refractivity contribution in [1.82, 2.24) is 10.2 Å². The molecule has 1 aromatic rings. The third-order valence-electron chi connectivity index (χ3n) is 3.00. The SMILES string of the molecule is C=C(C)C(=O)Nc1nnc(C2CCCCC2)s1. The molecule has 92 valence electrons. The fourth-order valence-corrected chi connectivity index (χ4v) is 2.91. The lowest BCUT2D eigenvalue weighted by Crippen LogP contribution is -2.11. The van der Waals surface area contributed by atoms with E-state index in [-0.39, 0.29) is 5.91 Å². The van der Waals surface area contributed by atoms with Crippen molar-refractivity contribution in [2.24, 2.45) is 0 Å². The summed E-state index contributed by atoms with van der Waals surface area (Å²) >= 11 is 1.49. The summed E-state index contributed by atoms with van der Waals surface area (Å²) in [6, 6.07) is 0.